The van der Waals surface area contributed by atoms with E-state index in [1.165, 1.54) is 37.4 Å². The second-order valence-electron chi connectivity index (χ2n) is 5.57. The number of carbonyl (C=O) groups is 1. The first-order chi connectivity index (χ1) is 12.2. The Kier molecular flexibility index (Phi) is 6.55. The first-order valence-electron chi connectivity index (χ1n) is 8.05. The normalized spacial score (nSPS) is 11.3. The van der Waals surface area contributed by atoms with Crippen molar-refractivity contribution in [3.8, 4) is 0 Å². The van der Waals surface area contributed by atoms with Gasteiger partial charge in [-0.2, -0.15) is 0 Å². The number of nitrogens with zero attached hydrogens (tertiary/aromatic N) is 2. The summed E-state index contributed by atoms with van der Waals surface area (Å²) in [7, 11) is -2.33. The summed E-state index contributed by atoms with van der Waals surface area (Å²) in [6.07, 6.45) is 0. The number of hydrogen-bond acceptors (Lipinski definition) is 3. The van der Waals surface area contributed by atoms with E-state index in [-0.39, 0.29) is 15.8 Å². The largest absolute Gasteiger partial charge is 0.339 e. The molecule has 0 heterocycles. The van der Waals surface area contributed by atoms with Crippen molar-refractivity contribution in [1.29, 1.82) is 0 Å². The first kappa shape index (κ1) is 20.6. The molecular weight excluding hydrogens is 395 g/mol. The lowest BCUT2D eigenvalue weighted by atomic mass is 10.1. The van der Waals surface area contributed by atoms with E-state index in [9.17, 15) is 13.2 Å². The number of hydrogen-bond donors (Lipinski definition) is 0. The number of carbonyl (C=O) groups excluding carboxylic acids is 1. The van der Waals surface area contributed by atoms with Gasteiger partial charge in [0.1, 0.15) is 0 Å². The molecular formula is C18H20Cl2N2O3S. The topological polar surface area (TPSA) is 57.7 Å². The van der Waals surface area contributed by atoms with E-state index in [0.717, 1.165) is 4.31 Å². The third-order valence-corrected chi connectivity index (χ3v) is 6.43. The van der Waals surface area contributed by atoms with E-state index in [2.05, 4.69) is 0 Å². The fourth-order valence-corrected chi connectivity index (χ4v) is 4.03. The molecule has 0 aliphatic heterocycles. The van der Waals surface area contributed by atoms with Crippen LogP contribution in [0.15, 0.2) is 47.4 Å². The number of sulfonamides is 1. The zero-order valence-electron chi connectivity index (χ0n) is 14.7. The molecule has 0 bridgehead atoms. The highest BCUT2D eigenvalue weighted by Crippen LogP contribution is 2.28. The molecule has 0 spiro atoms. The van der Waals surface area contributed by atoms with Crippen molar-refractivity contribution in [1.82, 2.24) is 4.90 Å². The minimum atomic E-state index is -3.76. The molecule has 0 radical (unpaired) electrons. The van der Waals surface area contributed by atoms with Gasteiger partial charge in [-0.05, 0) is 56.3 Å². The van der Waals surface area contributed by atoms with E-state index in [4.69, 9.17) is 23.2 Å². The summed E-state index contributed by atoms with van der Waals surface area (Å²) in [6.45, 7) is 4.91. The van der Waals surface area contributed by atoms with Gasteiger partial charge in [-0.1, -0.05) is 23.2 Å². The van der Waals surface area contributed by atoms with Crippen molar-refractivity contribution in [3.63, 3.8) is 0 Å². The molecule has 0 atom stereocenters. The predicted molar refractivity (Wildman–Crippen MR) is 106 cm³/mol. The molecule has 2 aromatic carbocycles. The number of halogens is 2. The summed E-state index contributed by atoms with van der Waals surface area (Å²) >= 11 is 12.1. The molecule has 0 unspecified atom stereocenters. The number of benzene rings is 2. The van der Waals surface area contributed by atoms with Crippen molar-refractivity contribution in [2.24, 2.45) is 0 Å². The summed E-state index contributed by atoms with van der Waals surface area (Å²) in [5.41, 5.74) is 0.706. The first-order valence-corrected chi connectivity index (χ1v) is 10.2. The summed E-state index contributed by atoms with van der Waals surface area (Å²) < 4.78 is 26.6. The Morgan fingerprint density at radius 2 is 1.58 bits per heavy atom. The van der Waals surface area contributed by atoms with Gasteiger partial charge in [0.25, 0.3) is 15.9 Å². The van der Waals surface area contributed by atoms with Crippen LogP contribution < -0.4 is 4.31 Å². The highest BCUT2D eigenvalue weighted by molar-refractivity contribution is 7.92. The Bertz CT molecular complexity index is 895. The third-order valence-electron chi connectivity index (χ3n) is 4.07. The van der Waals surface area contributed by atoms with Crippen LogP contribution in [0, 0.1) is 0 Å². The fraction of sp³-hybridized carbons (Fsp3) is 0.278. The van der Waals surface area contributed by atoms with Crippen LogP contribution in [0.25, 0.3) is 0 Å². The number of anilines is 1. The molecule has 2 rings (SSSR count). The molecule has 0 saturated carbocycles. The Morgan fingerprint density at radius 1 is 1.00 bits per heavy atom. The van der Waals surface area contributed by atoms with Crippen molar-refractivity contribution >= 4 is 44.8 Å². The molecule has 0 aliphatic rings. The summed E-state index contributed by atoms with van der Waals surface area (Å²) in [4.78, 5) is 14.2. The van der Waals surface area contributed by atoms with Crippen molar-refractivity contribution in [3.05, 3.63) is 58.1 Å². The summed E-state index contributed by atoms with van der Waals surface area (Å²) in [6, 6.07) is 10.5. The molecule has 0 aliphatic carbocycles. The van der Waals surface area contributed by atoms with Gasteiger partial charge >= 0.3 is 0 Å². The molecule has 0 fully saturated rings. The number of rotatable bonds is 6. The van der Waals surface area contributed by atoms with Crippen LogP contribution in [0.3, 0.4) is 0 Å². The number of amides is 1. The van der Waals surface area contributed by atoms with Crippen LogP contribution >= 0.6 is 23.2 Å². The second kappa shape index (κ2) is 8.29. The van der Waals surface area contributed by atoms with E-state index in [1.54, 1.807) is 17.0 Å². The SMILES string of the molecule is CCN(CC)C(=O)c1ccc(N(C)S(=O)(=O)c2ccc(Cl)cc2)cc1Cl. The van der Waals surface area contributed by atoms with Crippen LogP contribution in [0.2, 0.25) is 10.0 Å². The molecule has 2 aromatic rings. The average molecular weight is 415 g/mol. The minimum absolute atomic E-state index is 0.115. The van der Waals surface area contributed by atoms with E-state index in [1.807, 2.05) is 13.8 Å². The highest BCUT2D eigenvalue weighted by atomic mass is 35.5. The lowest BCUT2D eigenvalue weighted by molar-refractivity contribution is 0.0773. The molecule has 8 heteroatoms. The third kappa shape index (κ3) is 4.14. The lowest BCUT2D eigenvalue weighted by Gasteiger charge is -2.22. The van der Waals surface area contributed by atoms with Gasteiger partial charge in [-0.3, -0.25) is 9.10 Å². The maximum absolute atomic E-state index is 12.7. The smallest absolute Gasteiger partial charge is 0.264 e. The van der Waals surface area contributed by atoms with Gasteiger partial charge in [-0.25, -0.2) is 8.42 Å². The van der Waals surface area contributed by atoms with E-state index < -0.39 is 10.0 Å². The van der Waals surface area contributed by atoms with Crippen LogP contribution in [0.5, 0.6) is 0 Å². The maximum atomic E-state index is 12.7. The Morgan fingerprint density at radius 3 is 2.08 bits per heavy atom. The predicted octanol–water partition coefficient (Wildman–Crippen LogP) is 4.30. The molecule has 1 amide bonds. The van der Waals surface area contributed by atoms with Crippen molar-refractivity contribution in [2.45, 2.75) is 18.7 Å². The molecule has 0 saturated heterocycles. The monoisotopic (exact) mass is 414 g/mol. The lowest BCUT2D eigenvalue weighted by Crippen LogP contribution is -2.31. The maximum Gasteiger partial charge on any atom is 0.264 e. The van der Waals surface area contributed by atoms with E-state index in [0.29, 0.717) is 29.4 Å². The van der Waals surface area contributed by atoms with Crippen LogP contribution in [-0.2, 0) is 10.0 Å². The highest BCUT2D eigenvalue weighted by Gasteiger charge is 2.23. The van der Waals surface area contributed by atoms with Gasteiger partial charge in [0, 0.05) is 25.2 Å². The quantitative estimate of drug-likeness (QED) is 0.707. The Labute approximate surface area is 164 Å². The Hall–Kier alpha value is -1.76. The molecule has 0 N–H and O–H groups in total. The minimum Gasteiger partial charge on any atom is -0.339 e. The summed E-state index contributed by atoms with van der Waals surface area (Å²) in [5.74, 6) is -0.185. The van der Waals surface area contributed by atoms with Crippen LogP contribution in [0.1, 0.15) is 24.2 Å². The standard InChI is InChI=1S/C18H20Cl2N2O3S/c1-4-22(5-2)18(23)16-11-8-14(12-17(16)20)21(3)26(24,25)15-9-6-13(19)7-10-15/h6-12H,4-5H2,1-3H3. The van der Waals surface area contributed by atoms with Crippen LogP contribution in [-0.4, -0.2) is 39.4 Å². The molecule has 26 heavy (non-hydrogen) atoms. The fourth-order valence-electron chi connectivity index (χ4n) is 2.46. The van der Waals surface area contributed by atoms with E-state index >= 15 is 0 Å². The zero-order chi connectivity index (χ0) is 19.5. The van der Waals surface area contributed by atoms with Gasteiger partial charge in [-0.15, -0.1) is 0 Å². The zero-order valence-corrected chi connectivity index (χ0v) is 17.1. The molecule has 5 nitrogen and oxygen atoms in total. The van der Waals surface area contributed by atoms with Gasteiger partial charge < -0.3 is 4.90 Å². The van der Waals surface area contributed by atoms with Crippen molar-refractivity contribution < 1.29 is 13.2 Å². The molecule has 0 aromatic heterocycles. The van der Waals surface area contributed by atoms with Gasteiger partial charge in [0.15, 0.2) is 0 Å². The van der Waals surface area contributed by atoms with Gasteiger partial charge in [0.2, 0.25) is 0 Å². The van der Waals surface area contributed by atoms with Crippen LogP contribution in [0.4, 0.5) is 5.69 Å². The average Bonchev–Trinajstić information content (AvgIpc) is 2.62. The van der Waals surface area contributed by atoms with Gasteiger partial charge in [0.05, 0.1) is 21.2 Å². The second-order valence-corrected chi connectivity index (χ2v) is 8.38. The Balaban J connectivity index is 2.36. The summed E-state index contributed by atoms with van der Waals surface area (Å²) in [5, 5.41) is 0.659. The molecule has 140 valence electrons. The van der Waals surface area contributed by atoms with Crippen molar-refractivity contribution in [2.75, 3.05) is 24.4 Å².